The lowest BCUT2D eigenvalue weighted by molar-refractivity contribution is -0.0564. The largest absolute Gasteiger partial charge is 0.465 e. The summed E-state index contributed by atoms with van der Waals surface area (Å²) in [6.45, 7) is 3.26. The van der Waals surface area contributed by atoms with E-state index >= 15 is 8.78 Å². The van der Waals surface area contributed by atoms with Crippen molar-refractivity contribution in [1.29, 1.82) is 0 Å². The van der Waals surface area contributed by atoms with Crippen molar-refractivity contribution in [3.63, 3.8) is 0 Å². The summed E-state index contributed by atoms with van der Waals surface area (Å²) in [5.74, 6) is -1.94. The molecular formula is C32H37F2N3O4. The van der Waals surface area contributed by atoms with Gasteiger partial charge >= 0.3 is 6.09 Å². The Kier molecular flexibility index (Phi) is 9.73. The minimum atomic E-state index is -1.66. The highest BCUT2D eigenvalue weighted by Gasteiger charge is 2.43. The Morgan fingerprint density at radius 1 is 1.07 bits per heavy atom. The fourth-order valence-electron chi connectivity index (χ4n) is 5.80. The smallest absolute Gasteiger partial charge is 0.404 e. The topological polar surface area (TPSA) is 102 Å². The van der Waals surface area contributed by atoms with Crippen molar-refractivity contribution in [3.8, 4) is 11.1 Å². The lowest BCUT2D eigenvalue weighted by Crippen LogP contribution is -2.48. The molecule has 7 nitrogen and oxygen atoms in total. The normalized spacial score (nSPS) is 16.7. The van der Waals surface area contributed by atoms with E-state index in [2.05, 4.69) is 10.6 Å². The van der Waals surface area contributed by atoms with Crippen molar-refractivity contribution in [3.05, 3.63) is 94.6 Å². The molecule has 0 saturated carbocycles. The number of hydrogen-bond donors (Lipinski definition) is 4. The van der Waals surface area contributed by atoms with E-state index in [1.807, 2.05) is 19.2 Å². The number of aryl methyl sites for hydroxylation is 1. The Morgan fingerprint density at radius 3 is 2.54 bits per heavy atom. The van der Waals surface area contributed by atoms with E-state index in [9.17, 15) is 14.7 Å². The van der Waals surface area contributed by atoms with Crippen molar-refractivity contribution in [2.45, 2.75) is 44.8 Å². The van der Waals surface area contributed by atoms with Gasteiger partial charge in [-0.25, -0.2) is 13.6 Å². The van der Waals surface area contributed by atoms with Gasteiger partial charge in [0.2, 0.25) is 0 Å². The van der Waals surface area contributed by atoms with Crippen molar-refractivity contribution in [2.75, 3.05) is 26.7 Å². The number of nitrogens with one attached hydrogen (secondary N) is 2. The van der Waals surface area contributed by atoms with Crippen molar-refractivity contribution in [1.82, 2.24) is 15.5 Å². The van der Waals surface area contributed by atoms with Crippen LogP contribution < -0.4 is 10.6 Å². The molecule has 2 atom stereocenters. The zero-order valence-corrected chi connectivity index (χ0v) is 23.4. The summed E-state index contributed by atoms with van der Waals surface area (Å²) in [5, 5.41) is 26.9. The highest BCUT2D eigenvalue weighted by molar-refractivity contribution is 5.94. The fourth-order valence-corrected chi connectivity index (χ4v) is 5.80. The Bertz CT molecular complexity index is 1380. The third-order valence-corrected chi connectivity index (χ3v) is 7.85. The van der Waals surface area contributed by atoms with Crippen LogP contribution in [0.15, 0.2) is 60.7 Å². The van der Waals surface area contributed by atoms with Gasteiger partial charge in [-0.3, -0.25) is 4.79 Å². The molecular weight excluding hydrogens is 528 g/mol. The fraction of sp³-hybridized carbons (Fsp3) is 0.375. The summed E-state index contributed by atoms with van der Waals surface area (Å²) in [5.41, 5.74) is 0.910. The Labute approximate surface area is 239 Å². The van der Waals surface area contributed by atoms with Crippen LogP contribution in [0.5, 0.6) is 0 Å². The number of carbonyl (C=O) groups is 2. The van der Waals surface area contributed by atoms with Gasteiger partial charge in [-0.2, -0.15) is 0 Å². The predicted octanol–water partition coefficient (Wildman–Crippen LogP) is 5.45. The summed E-state index contributed by atoms with van der Waals surface area (Å²) in [4.78, 5) is 26.2. The number of likely N-dealkylation sites (tertiary alicyclic amines) is 1. The summed E-state index contributed by atoms with van der Waals surface area (Å²) < 4.78 is 30.6. The number of nitrogens with zero attached hydrogens (tertiary/aromatic N) is 1. The zero-order valence-electron chi connectivity index (χ0n) is 23.4. The molecule has 9 heteroatoms. The first kappa shape index (κ1) is 30.1. The third-order valence-electron chi connectivity index (χ3n) is 7.85. The maximum atomic E-state index is 15.5. The number of carbonyl (C=O) groups excluding carboxylic acids is 1. The molecule has 1 heterocycles. The molecule has 0 radical (unpaired) electrons. The quantitative estimate of drug-likeness (QED) is 0.245. The van der Waals surface area contributed by atoms with Gasteiger partial charge in [0.05, 0.1) is 5.60 Å². The van der Waals surface area contributed by atoms with Crippen LogP contribution in [-0.2, 0) is 12.1 Å². The van der Waals surface area contributed by atoms with Gasteiger partial charge in [-0.05, 0) is 81.1 Å². The van der Waals surface area contributed by atoms with E-state index in [4.69, 9.17) is 5.11 Å². The number of aliphatic hydroxyl groups is 1. The van der Waals surface area contributed by atoms with Crippen molar-refractivity contribution < 1.29 is 28.6 Å². The average Bonchev–Trinajstić information content (AvgIpc) is 2.96. The lowest BCUT2D eigenvalue weighted by Gasteiger charge is -2.43. The monoisotopic (exact) mass is 565 g/mol. The molecule has 1 fully saturated rings. The maximum absolute atomic E-state index is 15.5. The number of amides is 2. The molecule has 2 amide bonds. The van der Waals surface area contributed by atoms with Crippen LogP contribution in [-0.4, -0.2) is 53.8 Å². The Balaban J connectivity index is 1.71. The second-order valence-corrected chi connectivity index (χ2v) is 10.7. The second kappa shape index (κ2) is 13.2. The Hall–Kier alpha value is -3.82. The van der Waals surface area contributed by atoms with E-state index in [0.717, 1.165) is 11.1 Å². The lowest BCUT2D eigenvalue weighted by atomic mass is 9.72. The molecule has 41 heavy (non-hydrogen) atoms. The minimum absolute atomic E-state index is 0.0223. The molecule has 1 saturated heterocycles. The second-order valence-electron chi connectivity index (χ2n) is 10.7. The van der Waals surface area contributed by atoms with Crippen LogP contribution in [0, 0.1) is 24.5 Å². The molecule has 0 spiro atoms. The standard InChI is InChI=1S/C32H37F2N3O4/c1-21-9-14-27(33)25(18-21)29-26(7-3-8-28(29)34)32(41,15-5-16-36-31(39)40)24-6-4-17-37(20-24)30(38)23-12-10-22(11-13-23)19-35-2/h3,7-14,18,24,35-36,41H,4-6,15-17,19-20H2,1-2H3,(H,39,40)/t24-,32+/m1/s1. The van der Waals surface area contributed by atoms with Gasteiger partial charge < -0.3 is 25.7 Å². The number of rotatable bonds is 10. The highest BCUT2D eigenvalue weighted by atomic mass is 19.1. The number of piperidine rings is 1. The molecule has 218 valence electrons. The van der Waals surface area contributed by atoms with Crippen LogP contribution in [0.4, 0.5) is 13.6 Å². The average molecular weight is 566 g/mol. The highest BCUT2D eigenvalue weighted by Crippen LogP contribution is 2.45. The van der Waals surface area contributed by atoms with Crippen molar-refractivity contribution >= 4 is 12.0 Å². The summed E-state index contributed by atoms with van der Waals surface area (Å²) in [6.07, 6.45) is 0.333. The summed E-state index contributed by atoms with van der Waals surface area (Å²) >= 11 is 0. The minimum Gasteiger partial charge on any atom is -0.465 e. The first-order chi connectivity index (χ1) is 19.6. The van der Waals surface area contributed by atoms with Crippen LogP contribution >= 0.6 is 0 Å². The predicted molar refractivity (Wildman–Crippen MR) is 154 cm³/mol. The number of benzene rings is 3. The third kappa shape index (κ3) is 6.92. The van der Waals surface area contributed by atoms with E-state index in [1.54, 1.807) is 42.2 Å². The van der Waals surface area contributed by atoms with Crippen molar-refractivity contribution in [2.24, 2.45) is 5.92 Å². The van der Waals surface area contributed by atoms with Gasteiger partial charge in [0.15, 0.2) is 0 Å². The first-order valence-electron chi connectivity index (χ1n) is 13.9. The molecule has 3 aromatic carbocycles. The SMILES string of the molecule is CNCc1ccc(C(=O)N2CCC[C@@H]([C@@](O)(CCCNC(=O)O)c3cccc(F)c3-c3cc(C)ccc3F)C2)cc1. The van der Waals surface area contributed by atoms with E-state index in [-0.39, 0.29) is 48.5 Å². The summed E-state index contributed by atoms with van der Waals surface area (Å²) in [6, 6.07) is 16.1. The number of halogens is 2. The number of hydrogen-bond acceptors (Lipinski definition) is 4. The van der Waals surface area contributed by atoms with Gasteiger partial charge in [-0.1, -0.05) is 35.9 Å². The molecule has 4 N–H and O–H groups in total. The van der Waals surface area contributed by atoms with E-state index in [1.165, 1.54) is 18.2 Å². The molecule has 0 aromatic heterocycles. The molecule has 4 rings (SSSR count). The summed E-state index contributed by atoms with van der Waals surface area (Å²) in [7, 11) is 1.85. The molecule has 0 unspecified atom stereocenters. The van der Waals surface area contributed by atoms with E-state index in [0.29, 0.717) is 31.5 Å². The molecule has 0 aliphatic carbocycles. The van der Waals surface area contributed by atoms with Crippen LogP contribution in [0.3, 0.4) is 0 Å². The van der Waals surface area contributed by atoms with Gasteiger partial charge in [0, 0.05) is 48.8 Å². The molecule has 3 aromatic rings. The number of carboxylic acid groups (broad SMARTS) is 1. The van der Waals surface area contributed by atoms with Gasteiger partial charge in [0.1, 0.15) is 11.6 Å². The maximum Gasteiger partial charge on any atom is 0.404 e. The van der Waals surface area contributed by atoms with Crippen LogP contribution in [0.25, 0.3) is 11.1 Å². The molecule has 0 bridgehead atoms. The van der Waals surface area contributed by atoms with Gasteiger partial charge in [0.25, 0.3) is 5.91 Å². The van der Waals surface area contributed by atoms with Gasteiger partial charge in [-0.15, -0.1) is 0 Å². The van der Waals surface area contributed by atoms with Crippen LogP contribution in [0.2, 0.25) is 0 Å². The first-order valence-corrected chi connectivity index (χ1v) is 13.9. The molecule has 1 aliphatic heterocycles. The zero-order chi connectivity index (χ0) is 29.6. The van der Waals surface area contributed by atoms with E-state index < -0.39 is 29.2 Å². The Morgan fingerprint density at radius 2 is 1.83 bits per heavy atom. The molecule has 1 aliphatic rings. The van der Waals surface area contributed by atoms with Crippen LogP contribution in [0.1, 0.15) is 52.7 Å².